The molecule has 0 fully saturated rings. The molecular formula is C27H25N3O4S. The number of hydrogen-bond acceptors (Lipinski definition) is 5. The highest BCUT2D eigenvalue weighted by atomic mass is 32.2. The van der Waals surface area contributed by atoms with Gasteiger partial charge in [-0.25, -0.2) is 9.48 Å². The lowest BCUT2D eigenvalue weighted by Gasteiger charge is -2.10. The Morgan fingerprint density at radius 1 is 0.971 bits per heavy atom. The number of anilines is 1. The zero-order valence-electron chi connectivity index (χ0n) is 19.4. The molecule has 0 bridgehead atoms. The van der Waals surface area contributed by atoms with E-state index in [4.69, 9.17) is 4.74 Å². The first-order valence-electron chi connectivity index (χ1n) is 11.1. The van der Waals surface area contributed by atoms with Crippen molar-refractivity contribution in [2.75, 3.05) is 17.7 Å². The van der Waals surface area contributed by atoms with E-state index in [1.54, 1.807) is 41.9 Å². The molecule has 8 heteroatoms. The van der Waals surface area contributed by atoms with Crippen LogP contribution in [-0.2, 0) is 20.3 Å². The molecule has 1 amide bonds. The van der Waals surface area contributed by atoms with Crippen LogP contribution in [0.2, 0.25) is 0 Å². The molecule has 4 aromatic rings. The quantitative estimate of drug-likeness (QED) is 0.362. The second-order valence-electron chi connectivity index (χ2n) is 7.78. The van der Waals surface area contributed by atoms with E-state index in [0.717, 1.165) is 16.8 Å². The number of para-hydroxylation sites is 1. The predicted octanol–water partition coefficient (Wildman–Crippen LogP) is 4.77. The van der Waals surface area contributed by atoms with E-state index < -0.39 is 29.3 Å². The number of ether oxygens (including phenoxy) is 1. The summed E-state index contributed by atoms with van der Waals surface area (Å²) < 4.78 is 19.1. The summed E-state index contributed by atoms with van der Waals surface area (Å²) in [5.41, 5.74) is 3.70. The predicted molar refractivity (Wildman–Crippen MR) is 136 cm³/mol. The van der Waals surface area contributed by atoms with Gasteiger partial charge >= 0.3 is 5.97 Å². The van der Waals surface area contributed by atoms with Crippen molar-refractivity contribution >= 4 is 28.5 Å². The van der Waals surface area contributed by atoms with Gasteiger partial charge in [-0.3, -0.25) is 9.00 Å². The molecule has 1 unspecified atom stereocenters. The van der Waals surface area contributed by atoms with Crippen LogP contribution in [0.4, 0.5) is 5.82 Å². The Balaban J connectivity index is 1.52. The number of rotatable bonds is 8. The van der Waals surface area contributed by atoms with Crippen molar-refractivity contribution in [3.63, 3.8) is 0 Å². The van der Waals surface area contributed by atoms with Crippen LogP contribution in [0, 0.1) is 6.92 Å². The summed E-state index contributed by atoms with van der Waals surface area (Å²) >= 11 is 0. The number of nitrogens with zero attached hydrogens (tertiary/aromatic N) is 2. The Morgan fingerprint density at radius 2 is 1.66 bits per heavy atom. The van der Waals surface area contributed by atoms with Crippen molar-refractivity contribution in [2.45, 2.75) is 18.7 Å². The van der Waals surface area contributed by atoms with Crippen molar-refractivity contribution in [1.82, 2.24) is 9.78 Å². The lowest BCUT2D eigenvalue weighted by atomic mass is 10.1. The minimum atomic E-state index is -1.32. The van der Waals surface area contributed by atoms with Gasteiger partial charge in [-0.05, 0) is 31.2 Å². The van der Waals surface area contributed by atoms with Crippen LogP contribution >= 0.6 is 0 Å². The van der Waals surface area contributed by atoms with E-state index >= 15 is 0 Å². The van der Waals surface area contributed by atoms with Crippen molar-refractivity contribution in [3.05, 3.63) is 96.1 Å². The molecule has 0 saturated carbocycles. The third-order valence-electron chi connectivity index (χ3n) is 5.27. The number of esters is 1. The van der Waals surface area contributed by atoms with Gasteiger partial charge in [0.25, 0.3) is 5.91 Å². The number of benzene rings is 3. The van der Waals surface area contributed by atoms with E-state index in [1.807, 2.05) is 61.5 Å². The van der Waals surface area contributed by atoms with Gasteiger partial charge in [-0.2, -0.15) is 5.10 Å². The molecule has 1 N–H and O–H groups in total. The average Bonchev–Trinajstić information content (AvgIpc) is 3.31. The molecule has 3 aromatic carbocycles. The van der Waals surface area contributed by atoms with Crippen molar-refractivity contribution < 1.29 is 18.5 Å². The molecule has 1 heterocycles. The van der Waals surface area contributed by atoms with Crippen LogP contribution in [-0.4, -0.2) is 38.2 Å². The topological polar surface area (TPSA) is 90.3 Å². The Hall–Kier alpha value is -4.04. The molecule has 0 saturated heterocycles. The zero-order valence-corrected chi connectivity index (χ0v) is 20.2. The highest BCUT2D eigenvalue weighted by molar-refractivity contribution is 7.85. The van der Waals surface area contributed by atoms with Gasteiger partial charge in [0.2, 0.25) is 0 Å². The van der Waals surface area contributed by atoms with E-state index in [9.17, 15) is 13.8 Å². The highest BCUT2D eigenvalue weighted by Gasteiger charge is 2.19. The molecule has 35 heavy (non-hydrogen) atoms. The van der Waals surface area contributed by atoms with Crippen molar-refractivity contribution in [1.29, 1.82) is 0 Å². The number of hydrogen-bond donors (Lipinski definition) is 1. The monoisotopic (exact) mass is 487 g/mol. The maximum absolute atomic E-state index is 12.7. The number of amides is 1. The van der Waals surface area contributed by atoms with E-state index in [2.05, 4.69) is 10.4 Å². The van der Waals surface area contributed by atoms with E-state index in [-0.39, 0.29) is 5.56 Å². The molecule has 4 rings (SSSR count). The Bertz CT molecular complexity index is 1360. The van der Waals surface area contributed by atoms with Crippen LogP contribution in [0.1, 0.15) is 22.8 Å². The van der Waals surface area contributed by atoms with Gasteiger partial charge in [0.1, 0.15) is 5.82 Å². The number of nitrogens with one attached hydrogen (secondary N) is 1. The molecule has 0 radical (unpaired) electrons. The van der Waals surface area contributed by atoms with Crippen LogP contribution in [0.3, 0.4) is 0 Å². The van der Waals surface area contributed by atoms with Crippen LogP contribution in [0.5, 0.6) is 0 Å². The summed E-state index contributed by atoms with van der Waals surface area (Å²) in [7, 11) is -1.32. The lowest BCUT2D eigenvalue weighted by Crippen LogP contribution is -2.23. The molecule has 1 atom stereocenters. The Labute approximate surface area is 206 Å². The van der Waals surface area contributed by atoms with Gasteiger partial charge in [-0.15, -0.1) is 0 Å². The third kappa shape index (κ3) is 5.73. The summed E-state index contributed by atoms with van der Waals surface area (Å²) in [6, 6.07) is 25.7. The summed E-state index contributed by atoms with van der Waals surface area (Å²) in [5.74, 6) is -0.396. The molecule has 0 aliphatic heterocycles. The Morgan fingerprint density at radius 3 is 2.37 bits per heavy atom. The second kappa shape index (κ2) is 10.9. The third-order valence-corrected chi connectivity index (χ3v) is 6.64. The summed E-state index contributed by atoms with van der Waals surface area (Å²) in [5, 5.41) is 7.47. The molecule has 0 aliphatic carbocycles. The highest BCUT2D eigenvalue weighted by Crippen LogP contribution is 2.25. The van der Waals surface area contributed by atoms with E-state index in [1.165, 1.54) is 0 Å². The first-order valence-corrected chi connectivity index (χ1v) is 12.4. The number of aryl methyl sites for hydroxylation is 1. The van der Waals surface area contributed by atoms with Crippen molar-refractivity contribution in [2.24, 2.45) is 0 Å². The SMILES string of the molecule is CCS(=O)c1ccccc1C(=O)OCC(=O)Nc1cc(-c2ccc(C)cc2)nn1-c1ccccc1. The Kier molecular flexibility index (Phi) is 7.52. The largest absolute Gasteiger partial charge is 0.452 e. The number of carbonyl (C=O) groups is 2. The second-order valence-corrected chi connectivity index (χ2v) is 9.49. The fourth-order valence-corrected chi connectivity index (χ4v) is 4.42. The smallest absolute Gasteiger partial charge is 0.339 e. The average molecular weight is 488 g/mol. The molecule has 178 valence electrons. The molecule has 0 spiro atoms. The minimum Gasteiger partial charge on any atom is -0.452 e. The maximum Gasteiger partial charge on any atom is 0.339 e. The van der Waals surface area contributed by atoms with Crippen molar-refractivity contribution in [3.8, 4) is 16.9 Å². The van der Waals surface area contributed by atoms with Gasteiger partial charge < -0.3 is 10.1 Å². The van der Waals surface area contributed by atoms with Gasteiger partial charge in [0, 0.05) is 17.4 Å². The first-order chi connectivity index (χ1) is 17.0. The summed E-state index contributed by atoms with van der Waals surface area (Å²) in [6.07, 6.45) is 0. The standard InChI is InChI=1S/C27H25N3O4S/c1-3-35(33)24-12-8-7-11-22(24)27(32)34-18-26(31)28-25-17-23(20-15-13-19(2)14-16-20)29-30(25)21-9-5-4-6-10-21/h4-17H,3,18H2,1-2H3,(H,28,31). The van der Waals surface area contributed by atoms with Crippen LogP contribution < -0.4 is 5.32 Å². The lowest BCUT2D eigenvalue weighted by molar-refractivity contribution is -0.119. The summed E-state index contributed by atoms with van der Waals surface area (Å²) in [4.78, 5) is 25.7. The number of carbonyl (C=O) groups excluding carboxylic acids is 2. The molecule has 1 aromatic heterocycles. The van der Waals surface area contributed by atoms with Gasteiger partial charge in [0.05, 0.1) is 32.6 Å². The molecular weight excluding hydrogens is 462 g/mol. The fourth-order valence-electron chi connectivity index (χ4n) is 3.48. The van der Waals surface area contributed by atoms with E-state index in [0.29, 0.717) is 22.2 Å². The summed E-state index contributed by atoms with van der Waals surface area (Å²) in [6.45, 7) is 3.29. The zero-order chi connectivity index (χ0) is 24.8. The normalized spacial score (nSPS) is 11.6. The first kappa shape index (κ1) is 24.1. The minimum absolute atomic E-state index is 0.191. The fraction of sp³-hybridized carbons (Fsp3) is 0.148. The van der Waals surface area contributed by atoms with Gasteiger partial charge in [-0.1, -0.05) is 67.1 Å². The molecule has 7 nitrogen and oxygen atoms in total. The molecule has 0 aliphatic rings. The maximum atomic E-state index is 12.7. The van der Waals surface area contributed by atoms with Crippen LogP contribution in [0.25, 0.3) is 16.9 Å². The van der Waals surface area contributed by atoms with Gasteiger partial charge in [0.15, 0.2) is 6.61 Å². The number of aromatic nitrogens is 2. The van der Waals surface area contributed by atoms with Crippen LogP contribution in [0.15, 0.2) is 89.8 Å².